The molecule has 2 aromatic carbocycles. The maximum Gasteiger partial charge on any atom is 0.336 e. The fourth-order valence-corrected chi connectivity index (χ4v) is 2.75. The van der Waals surface area contributed by atoms with E-state index in [0.717, 1.165) is 18.8 Å². The summed E-state index contributed by atoms with van der Waals surface area (Å²) < 4.78 is 0. The van der Waals surface area contributed by atoms with Gasteiger partial charge in [0.05, 0.1) is 10.6 Å². The monoisotopic (exact) mass is 331 g/mol. The Hall–Kier alpha value is -2.33. The van der Waals surface area contributed by atoms with E-state index in [1.54, 1.807) is 24.3 Å². The van der Waals surface area contributed by atoms with E-state index >= 15 is 0 Å². The molecule has 23 heavy (non-hydrogen) atoms. The molecule has 120 valence electrons. The first-order valence-electron chi connectivity index (χ1n) is 7.41. The van der Waals surface area contributed by atoms with Gasteiger partial charge in [0.2, 0.25) is 0 Å². The summed E-state index contributed by atoms with van der Waals surface area (Å²) >= 11 is 6.27. The summed E-state index contributed by atoms with van der Waals surface area (Å²) in [6.07, 6.45) is 0. The van der Waals surface area contributed by atoms with Crippen LogP contribution in [0.2, 0.25) is 5.02 Å². The molecule has 0 saturated heterocycles. The van der Waals surface area contributed by atoms with Crippen LogP contribution in [-0.4, -0.2) is 29.9 Å². The Morgan fingerprint density at radius 2 is 1.61 bits per heavy atom. The maximum absolute atomic E-state index is 12.7. The number of carbonyl (C=O) groups is 2. The summed E-state index contributed by atoms with van der Waals surface area (Å²) in [5.74, 6) is -1.52. The average Bonchev–Trinajstić information content (AvgIpc) is 2.55. The van der Waals surface area contributed by atoms with Crippen LogP contribution < -0.4 is 4.90 Å². The molecule has 0 saturated carbocycles. The van der Waals surface area contributed by atoms with Crippen LogP contribution in [0.25, 0.3) is 0 Å². The van der Waals surface area contributed by atoms with Crippen molar-refractivity contribution in [3.8, 4) is 0 Å². The number of hydrogen-bond acceptors (Lipinski definition) is 3. The number of rotatable bonds is 6. The number of carbonyl (C=O) groups excluding carboxylic acids is 1. The van der Waals surface area contributed by atoms with Crippen LogP contribution in [0, 0.1) is 0 Å². The summed E-state index contributed by atoms with van der Waals surface area (Å²) in [6.45, 7) is 5.75. The van der Waals surface area contributed by atoms with Crippen molar-refractivity contribution >= 4 is 29.0 Å². The van der Waals surface area contributed by atoms with Gasteiger partial charge in [-0.15, -0.1) is 0 Å². The van der Waals surface area contributed by atoms with Gasteiger partial charge in [0.1, 0.15) is 0 Å². The van der Waals surface area contributed by atoms with E-state index in [9.17, 15) is 14.7 Å². The van der Waals surface area contributed by atoms with Crippen LogP contribution in [0.4, 0.5) is 5.69 Å². The molecule has 0 amide bonds. The molecular formula is C18H18ClNO3. The second-order valence-electron chi connectivity index (χ2n) is 5.02. The molecular weight excluding hydrogens is 314 g/mol. The lowest BCUT2D eigenvalue weighted by molar-refractivity contribution is 0.0693. The predicted octanol–water partition coefficient (Wildman–Crippen LogP) is 4.12. The van der Waals surface area contributed by atoms with Crippen molar-refractivity contribution in [2.45, 2.75) is 13.8 Å². The number of carboxylic acid groups (broad SMARTS) is 1. The minimum atomic E-state index is -1.13. The van der Waals surface area contributed by atoms with Gasteiger partial charge >= 0.3 is 5.97 Å². The average molecular weight is 332 g/mol. The zero-order valence-corrected chi connectivity index (χ0v) is 13.8. The zero-order valence-electron chi connectivity index (χ0n) is 13.0. The van der Waals surface area contributed by atoms with E-state index in [1.165, 1.54) is 12.1 Å². The first-order chi connectivity index (χ1) is 11.0. The van der Waals surface area contributed by atoms with Crippen molar-refractivity contribution in [3.63, 3.8) is 0 Å². The first kappa shape index (κ1) is 17.0. The van der Waals surface area contributed by atoms with Crippen molar-refractivity contribution in [2.24, 2.45) is 0 Å². The molecule has 0 aliphatic rings. The number of hydrogen-bond donors (Lipinski definition) is 1. The molecule has 2 rings (SSSR count). The third kappa shape index (κ3) is 3.54. The number of halogens is 1. The number of nitrogens with zero attached hydrogens (tertiary/aromatic N) is 1. The van der Waals surface area contributed by atoms with E-state index in [4.69, 9.17) is 11.6 Å². The summed E-state index contributed by atoms with van der Waals surface area (Å²) in [5, 5.41) is 9.54. The van der Waals surface area contributed by atoms with Crippen LogP contribution in [0.5, 0.6) is 0 Å². The van der Waals surface area contributed by atoms with Crippen molar-refractivity contribution in [3.05, 3.63) is 64.2 Å². The molecule has 0 fully saturated rings. The molecule has 0 aromatic heterocycles. The highest BCUT2D eigenvalue weighted by Gasteiger charge is 2.20. The van der Waals surface area contributed by atoms with Gasteiger partial charge in [0, 0.05) is 29.9 Å². The van der Waals surface area contributed by atoms with Crippen LogP contribution in [-0.2, 0) is 0 Å². The molecule has 0 heterocycles. The maximum atomic E-state index is 12.7. The molecule has 1 N–H and O–H groups in total. The Morgan fingerprint density at radius 1 is 1.00 bits per heavy atom. The molecule has 0 spiro atoms. The van der Waals surface area contributed by atoms with Crippen molar-refractivity contribution in [1.29, 1.82) is 0 Å². The van der Waals surface area contributed by atoms with Crippen LogP contribution >= 0.6 is 11.6 Å². The molecule has 0 unspecified atom stereocenters. The van der Waals surface area contributed by atoms with E-state index in [-0.39, 0.29) is 16.9 Å². The summed E-state index contributed by atoms with van der Waals surface area (Å²) in [7, 11) is 0. The fourth-order valence-electron chi connectivity index (χ4n) is 2.49. The normalized spacial score (nSPS) is 10.4. The Balaban J connectivity index is 2.43. The third-order valence-electron chi connectivity index (χ3n) is 3.73. The topological polar surface area (TPSA) is 57.6 Å². The molecule has 0 bridgehead atoms. The molecule has 0 aliphatic carbocycles. The van der Waals surface area contributed by atoms with E-state index in [2.05, 4.69) is 4.90 Å². The third-order valence-corrected chi connectivity index (χ3v) is 4.04. The Kier molecular flexibility index (Phi) is 5.40. The van der Waals surface area contributed by atoms with Gasteiger partial charge < -0.3 is 10.0 Å². The second kappa shape index (κ2) is 7.29. The standard InChI is InChI=1S/C18H18ClNO3/c1-3-20(4-2)12-9-10-15(16(19)11-12)17(21)13-7-5-6-8-14(13)18(22)23/h5-11H,3-4H2,1-2H3,(H,22,23). The number of carboxylic acids is 1. The number of aromatic carboxylic acids is 1. The van der Waals surface area contributed by atoms with Gasteiger partial charge in [-0.25, -0.2) is 4.79 Å². The van der Waals surface area contributed by atoms with Gasteiger partial charge in [-0.2, -0.15) is 0 Å². The van der Waals surface area contributed by atoms with E-state index in [0.29, 0.717) is 10.6 Å². The Morgan fingerprint density at radius 3 is 2.13 bits per heavy atom. The summed E-state index contributed by atoms with van der Waals surface area (Å²) in [6, 6.07) is 11.4. The lowest BCUT2D eigenvalue weighted by Gasteiger charge is -2.21. The Labute approximate surface area is 140 Å². The predicted molar refractivity (Wildman–Crippen MR) is 91.8 cm³/mol. The minimum absolute atomic E-state index is 0.0265. The molecule has 0 radical (unpaired) electrons. The highest BCUT2D eigenvalue weighted by molar-refractivity contribution is 6.35. The molecule has 0 aliphatic heterocycles. The highest BCUT2D eigenvalue weighted by Crippen LogP contribution is 2.26. The lowest BCUT2D eigenvalue weighted by Crippen LogP contribution is -2.21. The van der Waals surface area contributed by atoms with Gasteiger partial charge in [-0.3, -0.25) is 4.79 Å². The minimum Gasteiger partial charge on any atom is -0.478 e. The zero-order chi connectivity index (χ0) is 17.0. The SMILES string of the molecule is CCN(CC)c1ccc(C(=O)c2ccccc2C(=O)O)c(Cl)c1. The van der Waals surface area contributed by atoms with Crippen molar-refractivity contribution in [1.82, 2.24) is 0 Å². The van der Waals surface area contributed by atoms with Crippen LogP contribution in [0.1, 0.15) is 40.1 Å². The first-order valence-corrected chi connectivity index (χ1v) is 7.78. The van der Waals surface area contributed by atoms with E-state index in [1.807, 2.05) is 19.9 Å². The van der Waals surface area contributed by atoms with Crippen molar-refractivity contribution in [2.75, 3.05) is 18.0 Å². The summed E-state index contributed by atoms with van der Waals surface area (Å²) in [5.41, 5.74) is 1.35. The molecule has 0 atom stereocenters. The largest absolute Gasteiger partial charge is 0.478 e. The van der Waals surface area contributed by atoms with Gasteiger partial charge in [0.25, 0.3) is 0 Å². The smallest absolute Gasteiger partial charge is 0.336 e. The van der Waals surface area contributed by atoms with Crippen molar-refractivity contribution < 1.29 is 14.7 Å². The molecule has 4 nitrogen and oxygen atoms in total. The van der Waals surface area contributed by atoms with E-state index < -0.39 is 5.97 Å². The second-order valence-corrected chi connectivity index (χ2v) is 5.42. The number of ketones is 1. The number of anilines is 1. The van der Waals surface area contributed by atoms with Gasteiger partial charge in [0.15, 0.2) is 5.78 Å². The highest BCUT2D eigenvalue weighted by atomic mass is 35.5. The summed E-state index contributed by atoms with van der Waals surface area (Å²) in [4.78, 5) is 26.0. The van der Waals surface area contributed by atoms with Crippen LogP contribution in [0.3, 0.4) is 0 Å². The quantitative estimate of drug-likeness (QED) is 0.809. The van der Waals surface area contributed by atoms with Gasteiger partial charge in [-0.1, -0.05) is 29.8 Å². The van der Waals surface area contributed by atoms with Gasteiger partial charge in [-0.05, 0) is 38.1 Å². The molecule has 2 aromatic rings. The molecule has 5 heteroatoms. The van der Waals surface area contributed by atoms with Crippen LogP contribution in [0.15, 0.2) is 42.5 Å². The number of benzene rings is 2. The Bertz CT molecular complexity index is 739. The fraction of sp³-hybridized carbons (Fsp3) is 0.222. The lowest BCUT2D eigenvalue weighted by atomic mass is 9.98.